The van der Waals surface area contributed by atoms with E-state index in [1.165, 1.54) is 97.2 Å². The van der Waals surface area contributed by atoms with Gasteiger partial charge in [-0.25, -0.2) is 0 Å². The van der Waals surface area contributed by atoms with Gasteiger partial charge in [0.1, 0.15) is 0 Å². The van der Waals surface area contributed by atoms with Crippen molar-refractivity contribution in [2.75, 3.05) is 0 Å². The van der Waals surface area contributed by atoms with Crippen molar-refractivity contribution in [1.29, 1.82) is 0 Å². The zero-order valence-electron chi connectivity index (χ0n) is 22.2. The quantitative estimate of drug-likeness (QED) is 0.277. The van der Waals surface area contributed by atoms with E-state index in [0.29, 0.717) is 0 Å². The molecule has 0 spiro atoms. The fraction of sp³-hybridized carbons (Fsp3) is 0.389. The number of fused-ring (bicyclic) bond motifs is 1. The van der Waals surface area contributed by atoms with Crippen LogP contribution in [0.15, 0.2) is 84.9 Å². The molecule has 0 amide bonds. The highest BCUT2D eigenvalue weighted by molar-refractivity contribution is 5.89. The summed E-state index contributed by atoms with van der Waals surface area (Å²) in [6.45, 7) is 4.43. The molecule has 2 saturated carbocycles. The summed E-state index contributed by atoms with van der Waals surface area (Å²) in [6.07, 6.45) is 13.0. The van der Waals surface area contributed by atoms with E-state index in [1.807, 2.05) is 0 Å². The Balaban J connectivity index is 1.69. The Kier molecular flexibility index (Phi) is 6.24. The van der Waals surface area contributed by atoms with Crippen LogP contribution in [0.3, 0.4) is 0 Å². The van der Waals surface area contributed by atoms with Crippen LogP contribution in [0, 0.1) is 13.8 Å². The van der Waals surface area contributed by atoms with Crippen LogP contribution in [0.1, 0.15) is 97.6 Å². The van der Waals surface area contributed by atoms with Gasteiger partial charge in [-0.15, -0.1) is 0 Å². The van der Waals surface area contributed by atoms with Gasteiger partial charge < -0.3 is 0 Å². The lowest BCUT2D eigenvalue weighted by Crippen LogP contribution is -2.38. The van der Waals surface area contributed by atoms with Gasteiger partial charge in [-0.05, 0) is 72.6 Å². The van der Waals surface area contributed by atoms with Crippen molar-refractivity contribution >= 4 is 10.8 Å². The maximum absolute atomic E-state index is 2.55. The molecule has 0 radical (unpaired) electrons. The maximum atomic E-state index is 2.55. The van der Waals surface area contributed by atoms with Gasteiger partial charge in [0.2, 0.25) is 0 Å². The van der Waals surface area contributed by atoms with Crippen LogP contribution in [-0.4, -0.2) is 0 Å². The molecule has 2 aliphatic rings. The van der Waals surface area contributed by atoms with Crippen molar-refractivity contribution in [2.24, 2.45) is 0 Å². The molecule has 0 N–H and O–H groups in total. The lowest BCUT2D eigenvalue weighted by atomic mass is 9.57. The van der Waals surface area contributed by atoms with Gasteiger partial charge in [0, 0.05) is 10.8 Å². The average molecular weight is 473 g/mol. The Morgan fingerprint density at radius 1 is 0.472 bits per heavy atom. The van der Waals surface area contributed by atoms with Gasteiger partial charge in [-0.3, -0.25) is 0 Å². The second-order valence-electron chi connectivity index (χ2n) is 11.7. The zero-order valence-corrected chi connectivity index (χ0v) is 22.2. The summed E-state index contributed by atoms with van der Waals surface area (Å²) < 4.78 is 0. The molecule has 4 aromatic rings. The summed E-state index contributed by atoms with van der Waals surface area (Å²) >= 11 is 0. The normalized spacial score (nSPS) is 19.3. The molecule has 0 heterocycles. The van der Waals surface area contributed by atoms with Gasteiger partial charge in [0.05, 0.1) is 0 Å². The van der Waals surface area contributed by atoms with Gasteiger partial charge in [-0.2, -0.15) is 0 Å². The number of aryl methyl sites for hydroxylation is 2. The minimum absolute atomic E-state index is 0.0806. The second kappa shape index (κ2) is 9.55. The molecule has 2 aliphatic carbocycles. The van der Waals surface area contributed by atoms with Crippen molar-refractivity contribution in [3.05, 3.63) is 118 Å². The van der Waals surface area contributed by atoms with Crippen LogP contribution >= 0.6 is 0 Å². The molecule has 6 rings (SSSR count). The highest BCUT2D eigenvalue weighted by Gasteiger charge is 2.44. The first-order valence-corrected chi connectivity index (χ1v) is 14.3. The highest BCUT2D eigenvalue weighted by Crippen LogP contribution is 2.54. The van der Waals surface area contributed by atoms with E-state index in [4.69, 9.17) is 0 Å². The SMILES string of the molecule is Cc1ccc(C2(c3ccc4ccccc4c3C3(c4ccc(C)cc4)CCCCC3)CCCCC2)cc1. The standard InChI is InChI=1S/C36H40/c1-27-13-18-30(19-14-27)35(23-7-3-8-24-35)33-22-17-29-11-5-6-12-32(29)34(33)36(25-9-4-10-26-36)31-20-15-28(2)16-21-31/h5-6,11-22H,3-4,7-10,23-26H2,1-2H3. The average Bonchev–Trinajstić information content (AvgIpc) is 2.94. The van der Waals surface area contributed by atoms with Crippen LogP contribution in [-0.2, 0) is 10.8 Å². The van der Waals surface area contributed by atoms with E-state index in [2.05, 4.69) is 98.8 Å². The smallest absolute Gasteiger partial charge is 0.0212 e. The Morgan fingerprint density at radius 2 is 0.972 bits per heavy atom. The maximum Gasteiger partial charge on any atom is 0.0212 e. The molecule has 36 heavy (non-hydrogen) atoms. The molecule has 0 heteroatoms. The summed E-state index contributed by atoms with van der Waals surface area (Å²) in [5, 5.41) is 2.87. The molecule has 4 aromatic carbocycles. The molecule has 0 bridgehead atoms. The molecule has 0 aliphatic heterocycles. The topological polar surface area (TPSA) is 0 Å². The van der Waals surface area contributed by atoms with Crippen LogP contribution in [0.5, 0.6) is 0 Å². The van der Waals surface area contributed by atoms with Crippen LogP contribution in [0.25, 0.3) is 10.8 Å². The molecule has 0 unspecified atom stereocenters. The van der Waals surface area contributed by atoms with E-state index < -0.39 is 0 Å². The first-order valence-electron chi connectivity index (χ1n) is 14.3. The summed E-state index contributed by atoms with van der Waals surface area (Å²) in [7, 11) is 0. The highest BCUT2D eigenvalue weighted by atomic mass is 14.5. The van der Waals surface area contributed by atoms with Crippen LogP contribution < -0.4 is 0 Å². The first-order chi connectivity index (χ1) is 17.6. The van der Waals surface area contributed by atoms with Crippen LogP contribution in [0.2, 0.25) is 0 Å². The minimum atomic E-state index is 0.0806. The van der Waals surface area contributed by atoms with Crippen molar-refractivity contribution in [3.63, 3.8) is 0 Å². The number of benzene rings is 4. The van der Waals surface area contributed by atoms with Crippen molar-refractivity contribution in [2.45, 2.75) is 88.9 Å². The molecule has 184 valence electrons. The van der Waals surface area contributed by atoms with Crippen molar-refractivity contribution < 1.29 is 0 Å². The predicted molar refractivity (Wildman–Crippen MR) is 154 cm³/mol. The van der Waals surface area contributed by atoms with E-state index in [9.17, 15) is 0 Å². The molecule has 0 nitrogen and oxygen atoms in total. The lowest BCUT2D eigenvalue weighted by Gasteiger charge is -2.46. The molecule has 0 atom stereocenters. The summed E-state index contributed by atoms with van der Waals surface area (Å²) in [5.74, 6) is 0. The van der Waals surface area contributed by atoms with Gasteiger partial charge in [0.25, 0.3) is 0 Å². The monoisotopic (exact) mass is 472 g/mol. The number of hydrogen-bond donors (Lipinski definition) is 0. The van der Waals surface area contributed by atoms with Crippen molar-refractivity contribution in [3.8, 4) is 0 Å². The third kappa shape index (κ3) is 3.90. The lowest BCUT2D eigenvalue weighted by molar-refractivity contribution is 0.318. The third-order valence-corrected chi connectivity index (χ3v) is 9.55. The first kappa shape index (κ1) is 23.5. The van der Waals surface area contributed by atoms with E-state index in [1.54, 1.807) is 11.1 Å². The Bertz CT molecular complexity index is 1330. The summed E-state index contributed by atoms with van der Waals surface area (Å²) in [6, 6.07) is 33.3. The molecule has 2 fully saturated rings. The third-order valence-electron chi connectivity index (χ3n) is 9.55. The van der Waals surface area contributed by atoms with E-state index >= 15 is 0 Å². The summed E-state index contributed by atoms with van der Waals surface area (Å²) in [4.78, 5) is 0. The molecule has 0 aromatic heterocycles. The number of rotatable bonds is 4. The Hall–Kier alpha value is -2.86. The zero-order chi connectivity index (χ0) is 24.6. The van der Waals surface area contributed by atoms with E-state index in [-0.39, 0.29) is 10.8 Å². The number of hydrogen-bond acceptors (Lipinski definition) is 0. The molecule has 0 saturated heterocycles. The van der Waals surface area contributed by atoms with Gasteiger partial charge in [-0.1, -0.05) is 135 Å². The largest absolute Gasteiger partial charge is 0.0616 e. The molecular weight excluding hydrogens is 432 g/mol. The van der Waals surface area contributed by atoms with Gasteiger partial charge >= 0.3 is 0 Å². The summed E-state index contributed by atoms with van der Waals surface area (Å²) in [5.41, 5.74) is 9.20. The second-order valence-corrected chi connectivity index (χ2v) is 11.7. The van der Waals surface area contributed by atoms with Crippen molar-refractivity contribution in [1.82, 2.24) is 0 Å². The Labute approximate surface area is 217 Å². The fourth-order valence-corrected chi connectivity index (χ4v) is 7.64. The fourth-order valence-electron chi connectivity index (χ4n) is 7.64. The van der Waals surface area contributed by atoms with Gasteiger partial charge in [0.15, 0.2) is 0 Å². The van der Waals surface area contributed by atoms with E-state index in [0.717, 1.165) is 0 Å². The Morgan fingerprint density at radius 3 is 1.56 bits per heavy atom. The predicted octanol–water partition coefficient (Wildman–Crippen LogP) is 9.96. The minimum Gasteiger partial charge on any atom is -0.0616 e. The molecular formula is C36H40. The van der Waals surface area contributed by atoms with Crippen LogP contribution in [0.4, 0.5) is 0 Å².